The summed E-state index contributed by atoms with van der Waals surface area (Å²) in [5, 5.41) is 10.5. The van der Waals surface area contributed by atoms with Gasteiger partial charge in [-0.1, -0.05) is 20.3 Å². The van der Waals surface area contributed by atoms with Crippen molar-refractivity contribution < 1.29 is 18.1 Å². The molecular formula is C13H17NO5S. The van der Waals surface area contributed by atoms with E-state index in [1.54, 1.807) is 0 Å². The molecule has 0 amide bonds. The van der Waals surface area contributed by atoms with E-state index in [-0.39, 0.29) is 22.9 Å². The zero-order chi connectivity index (χ0) is 15.3. The summed E-state index contributed by atoms with van der Waals surface area (Å²) >= 11 is 0. The van der Waals surface area contributed by atoms with E-state index in [0.29, 0.717) is 0 Å². The van der Waals surface area contributed by atoms with Gasteiger partial charge in [0.25, 0.3) is 5.69 Å². The van der Waals surface area contributed by atoms with E-state index >= 15 is 0 Å². The van der Waals surface area contributed by atoms with Gasteiger partial charge in [-0.15, -0.1) is 0 Å². The summed E-state index contributed by atoms with van der Waals surface area (Å²) in [5.74, 6) is -1.12. The number of hydrogen-bond acceptors (Lipinski definition) is 5. The van der Waals surface area contributed by atoms with Crippen molar-refractivity contribution in [2.45, 2.75) is 20.3 Å². The Morgan fingerprint density at radius 2 is 1.85 bits per heavy atom. The Morgan fingerprint density at radius 1 is 1.30 bits per heavy atom. The Kier molecular flexibility index (Phi) is 5.38. The predicted octanol–water partition coefficient (Wildman–Crippen LogP) is 2.24. The van der Waals surface area contributed by atoms with Gasteiger partial charge in [0.15, 0.2) is 15.6 Å². The smallest absolute Gasteiger partial charge is 0.269 e. The summed E-state index contributed by atoms with van der Waals surface area (Å²) in [6.07, 6.45) is 0.727. The van der Waals surface area contributed by atoms with Crippen LogP contribution in [0.1, 0.15) is 30.6 Å². The van der Waals surface area contributed by atoms with Gasteiger partial charge in [-0.3, -0.25) is 14.9 Å². The number of carbonyl (C=O) groups excluding carboxylic acids is 1. The number of nitro groups is 1. The molecule has 0 spiro atoms. The molecule has 0 saturated heterocycles. The molecule has 0 aromatic heterocycles. The van der Waals surface area contributed by atoms with Crippen LogP contribution in [-0.2, 0) is 9.84 Å². The number of Topliss-reactive ketones (excluding diaryl/α,β-unsaturated/α-hetero) is 1. The van der Waals surface area contributed by atoms with Gasteiger partial charge in [-0.05, 0) is 18.1 Å². The first-order valence-electron chi connectivity index (χ1n) is 6.23. The molecule has 0 fully saturated rings. The van der Waals surface area contributed by atoms with Crippen LogP contribution in [0.2, 0.25) is 0 Å². The van der Waals surface area contributed by atoms with Crippen LogP contribution in [0.15, 0.2) is 24.3 Å². The van der Waals surface area contributed by atoms with Crippen molar-refractivity contribution >= 4 is 21.3 Å². The topological polar surface area (TPSA) is 94.3 Å². The summed E-state index contributed by atoms with van der Waals surface area (Å²) in [4.78, 5) is 21.8. The summed E-state index contributed by atoms with van der Waals surface area (Å²) < 4.78 is 23.7. The van der Waals surface area contributed by atoms with Gasteiger partial charge >= 0.3 is 0 Å². The molecule has 110 valence electrons. The maximum Gasteiger partial charge on any atom is 0.269 e. The zero-order valence-corrected chi connectivity index (χ0v) is 12.2. The van der Waals surface area contributed by atoms with Crippen molar-refractivity contribution in [3.8, 4) is 0 Å². The van der Waals surface area contributed by atoms with Crippen LogP contribution in [0.5, 0.6) is 0 Å². The molecule has 0 aliphatic rings. The third-order valence-electron chi connectivity index (χ3n) is 2.99. The lowest BCUT2D eigenvalue weighted by atomic mass is 10.1. The molecule has 0 bridgehead atoms. The minimum Gasteiger partial charge on any atom is -0.293 e. The van der Waals surface area contributed by atoms with Crippen LogP contribution in [-0.4, -0.2) is 30.6 Å². The largest absolute Gasteiger partial charge is 0.293 e. The molecule has 1 unspecified atom stereocenters. The molecule has 0 heterocycles. The normalized spacial score (nSPS) is 12.9. The summed E-state index contributed by atoms with van der Waals surface area (Å²) in [5.41, 5.74) is 0.0346. The van der Waals surface area contributed by atoms with Gasteiger partial charge in [0.05, 0.1) is 10.7 Å². The second-order valence-corrected chi connectivity index (χ2v) is 6.90. The minimum atomic E-state index is -3.45. The summed E-state index contributed by atoms with van der Waals surface area (Å²) in [7, 11) is -3.45. The molecule has 1 aromatic rings. The Hall–Kier alpha value is -1.76. The van der Waals surface area contributed by atoms with Gasteiger partial charge in [0.2, 0.25) is 0 Å². The van der Waals surface area contributed by atoms with Crippen molar-refractivity contribution in [3.05, 3.63) is 39.9 Å². The Morgan fingerprint density at radius 3 is 2.30 bits per heavy atom. The van der Waals surface area contributed by atoms with Crippen LogP contribution in [0.25, 0.3) is 0 Å². The van der Waals surface area contributed by atoms with E-state index in [4.69, 9.17) is 0 Å². The molecule has 0 aliphatic heterocycles. The first kappa shape index (κ1) is 16.3. The predicted molar refractivity (Wildman–Crippen MR) is 75.5 cm³/mol. The molecule has 1 rings (SSSR count). The number of ketones is 1. The Bertz CT molecular complexity index is 592. The first-order chi connectivity index (χ1) is 9.25. The number of sulfone groups is 1. The molecule has 0 aliphatic carbocycles. The van der Waals surface area contributed by atoms with Crippen molar-refractivity contribution in [2.24, 2.45) is 5.92 Å². The van der Waals surface area contributed by atoms with Crippen LogP contribution in [0.3, 0.4) is 0 Å². The van der Waals surface area contributed by atoms with Gasteiger partial charge in [-0.2, -0.15) is 0 Å². The van der Waals surface area contributed by atoms with Crippen molar-refractivity contribution in [1.29, 1.82) is 0 Å². The van der Waals surface area contributed by atoms with E-state index in [2.05, 4.69) is 0 Å². The monoisotopic (exact) mass is 299 g/mol. The van der Waals surface area contributed by atoms with E-state index in [9.17, 15) is 23.3 Å². The zero-order valence-electron chi connectivity index (χ0n) is 11.4. The van der Waals surface area contributed by atoms with Gasteiger partial charge in [0, 0.05) is 17.7 Å². The van der Waals surface area contributed by atoms with E-state index in [1.165, 1.54) is 24.3 Å². The lowest BCUT2D eigenvalue weighted by Crippen LogP contribution is -2.22. The molecule has 0 N–H and O–H groups in total. The average molecular weight is 299 g/mol. The van der Waals surface area contributed by atoms with Gasteiger partial charge in [0.1, 0.15) is 5.75 Å². The van der Waals surface area contributed by atoms with E-state index in [1.807, 2.05) is 13.8 Å². The maximum absolute atomic E-state index is 11.9. The summed E-state index contributed by atoms with van der Waals surface area (Å²) in [6.45, 7) is 3.70. The number of hydrogen-bond donors (Lipinski definition) is 0. The number of benzene rings is 1. The van der Waals surface area contributed by atoms with Crippen LogP contribution >= 0.6 is 0 Å². The molecular weight excluding hydrogens is 282 g/mol. The number of nitro benzene ring substituents is 1. The summed E-state index contributed by atoms with van der Waals surface area (Å²) in [6, 6.07) is 4.93. The molecule has 0 saturated carbocycles. The molecule has 1 aromatic carbocycles. The molecule has 7 heteroatoms. The van der Waals surface area contributed by atoms with Crippen LogP contribution in [0, 0.1) is 16.0 Å². The lowest BCUT2D eigenvalue weighted by Gasteiger charge is -2.08. The van der Waals surface area contributed by atoms with Crippen molar-refractivity contribution in [2.75, 3.05) is 11.5 Å². The fourth-order valence-electron chi connectivity index (χ4n) is 1.66. The van der Waals surface area contributed by atoms with Gasteiger partial charge < -0.3 is 0 Å². The maximum atomic E-state index is 11.9. The van der Waals surface area contributed by atoms with E-state index in [0.717, 1.165) is 6.42 Å². The minimum absolute atomic E-state index is 0.00432. The average Bonchev–Trinajstić information content (AvgIpc) is 2.37. The number of carbonyl (C=O) groups is 1. The third kappa shape index (κ3) is 4.73. The first-order valence-corrected chi connectivity index (χ1v) is 8.05. The van der Waals surface area contributed by atoms with Gasteiger partial charge in [-0.25, -0.2) is 8.42 Å². The number of non-ortho nitro benzene ring substituents is 1. The SMILES string of the molecule is CCC(C)CS(=O)(=O)CC(=O)c1ccc([N+](=O)[O-])cc1. The quantitative estimate of drug-likeness (QED) is 0.437. The van der Waals surface area contributed by atoms with E-state index < -0.39 is 26.3 Å². The van der Waals surface area contributed by atoms with Crippen molar-refractivity contribution in [1.82, 2.24) is 0 Å². The number of rotatable bonds is 7. The second-order valence-electron chi connectivity index (χ2n) is 4.80. The highest BCUT2D eigenvalue weighted by atomic mass is 32.2. The Balaban J connectivity index is 2.78. The fourth-order valence-corrected chi connectivity index (χ4v) is 3.45. The molecule has 1 atom stereocenters. The fraction of sp³-hybridized carbons (Fsp3) is 0.462. The van der Waals surface area contributed by atoms with Crippen molar-refractivity contribution in [3.63, 3.8) is 0 Å². The van der Waals surface area contributed by atoms with Crippen LogP contribution in [0.4, 0.5) is 5.69 Å². The van der Waals surface area contributed by atoms with Crippen LogP contribution < -0.4 is 0 Å². The standard InChI is InChI=1S/C13H17NO5S/c1-3-10(2)8-20(18,19)9-13(15)11-4-6-12(7-5-11)14(16)17/h4-7,10H,3,8-9H2,1-2H3. The lowest BCUT2D eigenvalue weighted by molar-refractivity contribution is -0.384. The molecule has 0 radical (unpaired) electrons. The molecule has 20 heavy (non-hydrogen) atoms. The second kappa shape index (κ2) is 6.60. The third-order valence-corrected chi connectivity index (χ3v) is 4.77. The molecule has 6 nitrogen and oxygen atoms in total. The highest BCUT2D eigenvalue weighted by Crippen LogP contribution is 2.14. The highest BCUT2D eigenvalue weighted by molar-refractivity contribution is 7.92. The highest BCUT2D eigenvalue weighted by Gasteiger charge is 2.20. The Labute approximate surface area is 117 Å². The number of nitrogens with zero attached hydrogens (tertiary/aromatic N) is 1.